The van der Waals surface area contributed by atoms with E-state index in [1.54, 1.807) is 7.11 Å². The van der Waals surface area contributed by atoms with E-state index in [1.807, 2.05) is 40.7 Å². The average Bonchev–Trinajstić information content (AvgIpc) is 3.09. The van der Waals surface area contributed by atoms with Gasteiger partial charge in [-0.1, -0.05) is 35.5 Å². The molecule has 152 valence electrons. The molecule has 28 heavy (non-hydrogen) atoms. The summed E-state index contributed by atoms with van der Waals surface area (Å²) in [5, 5.41) is 10.0. The van der Waals surface area contributed by atoms with E-state index >= 15 is 0 Å². The summed E-state index contributed by atoms with van der Waals surface area (Å²) in [6.45, 7) is 5.15. The van der Waals surface area contributed by atoms with E-state index in [4.69, 9.17) is 21.1 Å². The van der Waals surface area contributed by atoms with Gasteiger partial charge in [0, 0.05) is 38.9 Å². The molecule has 0 bridgehead atoms. The zero-order valence-electron chi connectivity index (χ0n) is 16.1. The first kappa shape index (κ1) is 21.1. The lowest BCUT2D eigenvalue weighted by molar-refractivity contribution is -0.135. The third-order valence-corrected chi connectivity index (χ3v) is 5.76. The Morgan fingerprint density at radius 1 is 1.39 bits per heavy atom. The van der Waals surface area contributed by atoms with Crippen molar-refractivity contribution in [3.8, 4) is 11.4 Å². The van der Waals surface area contributed by atoms with E-state index in [2.05, 4.69) is 10.2 Å². The summed E-state index contributed by atoms with van der Waals surface area (Å²) in [5.74, 6) is 1.11. The first-order valence-electron chi connectivity index (χ1n) is 9.29. The van der Waals surface area contributed by atoms with E-state index in [1.165, 1.54) is 11.8 Å². The largest absolute Gasteiger partial charge is 0.385 e. The number of thioether (sulfide) groups is 1. The summed E-state index contributed by atoms with van der Waals surface area (Å²) >= 11 is 7.76. The van der Waals surface area contributed by atoms with Crippen LogP contribution in [0, 0.1) is 0 Å². The lowest BCUT2D eigenvalue weighted by Crippen LogP contribution is -2.45. The van der Waals surface area contributed by atoms with Gasteiger partial charge in [0.15, 0.2) is 11.0 Å². The Kier molecular flexibility index (Phi) is 7.73. The van der Waals surface area contributed by atoms with Crippen molar-refractivity contribution in [2.24, 2.45) is 0 Å². The van der Waals surface area contributed by atoms with E-state index in [9.17, 15) is 4.79 Å². The van der Waals surface area contributed by atoms with Crippen LogP contribution in [0.2, 0.25) is 5.02 Å². The zero-order valence-corrected chi connectivity index (χ0v) is 17.7. The molecule has 0 aliphatic carbocycles. The number of carbonyl (C=O) groups is 1. The van der Waals surface area contributed by atoms with E-state index in [0.29, 0.717) is 54.6 Å². The highest BCUT2D eigenvalue weighted by Crippen LogP contribution is 2.29. The summed E-state index contributed by atoms with van der Waals surface area (Å²) in [6, 6.07) is 7.56. The number of methoxy groups -OCH3 is 1. The Bertz CT molecular complexity index is 801. The first-order chi connectivity index (χ1) is 13.6. The molecule has 1 aromatic heterocycles. The monoisotopic (exact) mass is 424 g/mol. The van der Waals surface area contributed by atoms with Gasteiger partial charge in [0.2, 0.25) is 5.91 Å². The molecule has 1 unspecified atom stereocenters. The molecule has 1 saturated heterocycles. The molecule has 2 heterocycles. The molecule has 1 amide bonds. The van der Waals surface area contributed by atoms with Gasteiger partial charge in [-0.2, -0.15) is 0 Å². The second-order valence-electron chi connectivity index (χ2n) is 6.59. The molecule has 2 aromatic rings. The summed E-state index contributed by atoms with van der Waals surface area (Å²) in [6.07, 6.45) is 0.890. The van der Waals surface area contributed by atoms with Crippen molar-refractivity contribution >= 4 is 29.3 Å². The molecule has 1 aliphatic heterocycles. The Morgan fingerprint density at radius 3 is 2.96 bits per heavy atom. The Balaban J connectivity index is 1.74. The molecule has 1 atom stereocenters. The fourth-order valence-electron chi connectivity index (χ4n) is 3.07. The van der Waals surface area contributed by atoms with Crippen molar-refractivity contribution in [1.82, 2.24) is 19.7 Å². The topological polar surface area (TPSA) is 69.5 Å². The second kappa shape index (κ2) is 10.2. The number of rotatable bonds is 8. The van der Waals surface area contributed by atoms with Crippen LogP contribution < -0.4 is 0 Å². The van der Waals surface area contributed by atoms with Crippen molar-refractivity contribution in [1.29, 1.82) is 0 Å². The number of carbonyl (C=O) groups excluding carboxylic acids is 1. The summed E-state index contributed by atoms with van der Waals surface area (Å²) in [4.78, 5) is 14.4. The standard InChI is InChI=1S/C19H25ClN4O3S/c1-14-12-23(9-11-27-14)17(25)13-28-19-22-21-18(24(19)8-5-10-26-2)15-6-3-4-7-16(15)20/h3-4,6-7,14H,5,8-13H2,1-2H3. The number of hydrogen-bond donors (Lipinski definition) is 0. The summed E-state index contributed by atoms with van der Waals surface area (Å²) in [7, 11) is 1.68. The Labute approximate surface area is 174 Å². The minimum Gasteiger partial charge on any atom is -0.385 e. The molecule has 7 nitrogen and oxygen atoms in total. The maximum Gasteiger partial charge on any atom is 0.233 e. The van der Waals surface area contributed by atoms with Crippen molar-refractivity contribution < 1.29 is 14.3 Å². The van der Waals surface area contributed by atoms with Crippen LogP contribution in [0.3, 0.4) is 0 Å². The van der Waals surface area contributed by atoms with Crippen molar-refractivity contribution in [3.63, 3.8) is 0 Å². The number of aromatic nitrogens is 3. The molecule has 1 aliphatic rings. The molecule has 9 heteroatoms. The summed E-state index contributed by atoms with van der Waals surface area (Å²) in [5.41, 5.74) is 0.828. The highest BCUT2D eigenvalue weighted by atomic mass is 35.5. The van der Waals surface area contributed by atoms with Gasteiger partial charge >= 0.3 is 0 Å². The molecule has 0 radical (unpaired) electrons. The summed E-state index contributed by atoms with van der Waals surface area (Å²) < 4.78 is 12.7. The Morgan fingerprint density at radius 2 is 2.21 bits per heavy atom. The van der Waals surface area contributed by atoms with Crippen molar-refractivity contribution in [2.75, 3.05) is 39.2 Å². The molecule has 1 fully saturated rings. The molecular formula is C19H25ClN4O3S. The quantitative estimate of drug-likeness (QED) is 0.479. The van der Waals surface area contributed by atoms with Gasteiger partial charge in [-0.25, -0.2) is 0 Å². The number of ether oxygens (including phenoxy) is 2. The fourth-order valence-corrected chi connectivity index (χ4v) is 4.16. The van der Waals surface area contributed by atoms with Crippen LogP contribution in [0.25, 0.3) is 11.4 Å². The number of benzene rings is 1. The third-order valence-electron chi connectivity index (χ3n) is 4.48. The van der Waals surface area contributed by atoms with Crippen LogP contribution >= 0.6 is 23.4 Å². The van der Waals surface area contributed by atoms with Crippen LogP contribution in [0.4, 0.5) is 0 Å². The van der Waals surface area contributed by atoms with Crippen LogP contribution in [-0.4, -0.2) is 70.8 Å². The highest BCUT2D eigenvalue weighted by Gasteiger charge is 2.23. The smallest absolute Gasteiger partial charge is 0.233 e. The van der Waals surface area contributed by atoms with Crippen LogP contribution in [0.15, 0.2) is 29.4 Å². The van der Waals surface area contributed by atoms with Gasteiger partial charge in [-0.05, 0) is 25.5 Å². The Hall–Kier alpha value is -1.61. The molecule has 0 N–H and O–H groups in total. The SMILES string of the molecule is COCCCn1c(SCC(=O)N2CCOC(C)C2)nnc1-c1ccccc1Cl. The van der Waals surface area contributed by atoms with Crippen LogP contribution in [0.5, 0.6) is 0 Å². The van der Waals surface area contributed by atoms with Crippen LogP contribution in [0.1, 0.15) is 13.3 Å². The van der Waals surface area contributed by atoms with Gasteiger partial charge in [0.1, 0.15) is 0 Å². The van der Waals surface area contributed by atoms with E-state index < -0.39 is 0 Å². The predicted octanol–water partition coefficient (Wildman–Crippen LogP) is 2.97. The van der Waals surface area contributed by atoms with Crippen molar-refractivity contribution in [3.05, 3.63) is 29.3 Å². The number of nitrogens with zero attached hydrogens (tertiary/aromatic N) is 4. The third kappa shape index (κ3) is 5.26. The normalized spacial score (nSPS) is 17.1. The van der Waals surface area contributed by atoms with Gasteiger partial charge < -0.3 is 18.9 Å². The molecule has 0 spiro atoms. The first-order valence-corrected chi connectivity index (χ1v) is 10.7. The van der Waals surface area contributed by atoms with Crippen LogP contribution in [-0.2, 0) is 20.8 Å². The lowest BCUT2D eigenvalue weighted by atomic mass is 10.2. The minimum atomic E-state index is 0.0761. The molecule has 0 saturated carbocycles. The number of amides is 1. The fraction of sp³-hybridized carbons (Fsp3) is 0.526. The number of halogens is 1. The second-order valence-corrected chi connectivity index (χ2v) is 7.94. The number of hydrogen-bond acceptors (Lipinski definition) is 6. The van der Waals surface area contributed by atoms with Crippen molar-refractivity contribution in [2.45, 2.75) is 31.1 Å². The van der Waals surface area contributed by atoms with Gasteiger partial charge in [0.25, 0.3) is 0 Å². The molecular weight excluding hydrogens is 400 g/mol. The predicted molar refractivity (Wildman–Crippen MR) is 110 cm³/mol. The van der Waals surface area contributed by atoms with Gasteiger partial charge in [0.05, 0.1) is 23.5 Å². The van der Waals surface area contributed by atoms with Gasteiger partial charge in [-0.15, -0.1) is 10.2 Å². The van der Waals surface area contributed by atoms with Gasteiger partial charge in [-0.3, -0.25) is 4.79 Å². The number of morpholine rings is 1. The maximum atomic E-state index is 12.6. The average molecular weight is 425 g/mol. The minimum absolute atomic E-state index is 0.0761. The maximum absolute atomic E-state index is 12.6. The highest BCUT2D eigenvalue weighted by molar-refractivity contribution is 7.99. The molecule has 3 rings (SSSR count). The lowest BCUT2D eigenvalue weighted by Gasteiger charge is -2.31. The molecule has 1 aromatic carbocycles. The van der Waals surface area contributed by atoms with E-state index in [0.717, 1.165) is 12.0 Å². The van der Waals surface area contributed by atoms with E-state index in [-0.39, 0.29) is 12.0 Å². The zero-order chi connectivity index (χ0) is 19.9.